The maximum absolute atomic E-state index is 9.98. The molecule has 0 unspecified atom stereocenters. The summed E-state index contributed by atoms with van der Waals surface area (Å²) >= 11 is 0. The molecule has 0 spiro atoms. The quantitative estimate of drug-likeness (QED) is 0.343. The molecule has 0 heterocycles. The van der Waals surface area contributed by atoms with Crippen LogP contribution in [0.25, 0.3) is 0 Å². The maximum Gasteiger partial charge on any atom is 1.00 e. The zero-order valence-corrected chi connectivity index (χ0v) is 7.18. The summed E-state index contributed by atoms with van der Waals surface area (Å²) in [6.45, 7) is 0. The number of rotatable bonds is 1. The van der Waals surface area contributed by atoms with E-state index in [-0.39, 0.29) is 29.6 Å². The molecule has 0 amide bonds. The monoisotopic (exact) mass is 133 g/mol. The van der Waals surface area contributed by atoms with Crippen LogP contribution in [0.5, 0.6) is 0 Å². The van der Waals surface area contributed by atoms with Crippen LogP contribution in [0.2, 0.25) is 0 Å². The van der Waals surface area contributed by atoms with Crippen LogP contribution in [0.4, 0.5) is 0 Å². The Balaban J connectivity index is 0.000000640. The van der Waals surface area contributed by atoms with Gasteiger partial charge in [0.2, 0.25) is 0 Å². The minimum Gasteiger partial charge on any atom is -0.548 e. The van der Waals surface area contributed by atoms with Gasteiger partial charge in [-0.1, -0.05) is 0 Å². The Morgan fingerprint density at radius 1 is 1.67 bits per heavy atom. The molecule has 1 saturated carbocycles. The largest absolute Gasteiger partial charge is 1.00 e. The number of carboxylic acids is 1. The first kappa shape index (κ1) is 8.96. The van der Waals surface area contributed by atoms with Gasteiger partial charge in [-0.2, -0.15) is 5.26 Å². The van der Waals surface area contributed by atoms with Crippen molar-refractivity contribution in [2.45, 2.75) is 12.8 Å². The topological polar surface area (TPSA) is 63.9 Å². The van der Waals surface area contributed by atoms with Gasteiger partial charge in [-0.25, -0.2) is 0 Å². The Morgan fingerprint density at radius 3 is 2.11 bits per heavy atom. The van der Waals surface area contributed by atoms with Crippen LogP contribution < -0.4 is 34.7 Å². The van der Waals surface area contributed by atoms with Crippen LogP contribution in [0, 0.1) is 16.7 Å². The normalized spacial score (nSPS) is 19.0. The van der Waals surface area contributed by atoms with Crippen molar-refractivity contribution in [3.05, 3.63) is 0 Å². The van der Waals surface area contributed by atoms with Crippen LogP contribution in [0.1, 0.15) is 12.8 Å². The molecule has 1 rings (SSSR count). The van der Waals surface area contributed by atoms with E-state index in [0.717, 1.165) is 0 Å². The Morgan fingerprint density at radius 2 is 2.11 bits per heavy atom. The molecule has 1 aliphatic carbocycles. The Labute approximate surface area is 75.0 Å². The number of carbonyl (C=O) groups is 1. The fourth-order valence-electron chi connectivity index (χ4n) is 0.487. The van der Waals surface area contributed by atoms with E-state index >= 15 is 0 Å². The summed E-state index contributed by atoms with van der Waals surface area (Å²) in [5, 5.41) is 18.1. The summed E-state index contributed by atoms with van der Waals surface area (Å²) in [5.41, 5.74) is -1.10. The van der Waals surface area contributed by atoms with Gasteiger partial charge in [0.05, 0.1) is 17.5 Å². The molecule has 4 heteroatoms. The number of hydrogen-bond acceptors (Lipinski definition) is 3. The van der Waals surface area contributed by atoms with E-state index in [9.17, 15) is 9.90 Å². The molecule has 1 aliphatic rings. The van der Waals surface area contributed by atoms with Gasteiger partial charge in [0.1, 0.15) is 0 Å². The van der Waals surface area contributed by atoms with E-state index < -0.39 is 11.4 Å². The van der Waals surface area contributed by atoms with Crippen molar-refractivity contribution in [1.82, 2.24) is 0 Å². The summed E-state index contributed by atoms with van der Waals surface area (Å²) in [5.74, 6) is -1.22. The molecule has 0 atom stereocenters. The van der Waals surface area contributed by atoms with E-state index in [0.29, 0.717) is 12.8 Å². The molecule has 0 aromatic heterocycles. The molecule has 0 N–H and O–H groups in total. The summed E-state index contributed by atoms with van der Waals surface area (Å²) in [6, 6.07) is 1.69. The molecule has 0 bridgehead atoms. The molecule has 0 aromatic carbocycles. The molecule has 0 aromatic rings. The predicted molar refractivity (Wildman–Crippen MR) is 22.3 cm³/mol. The summed E-state index contributed by atoms with van der Waals surface area (Å²) in [7, 11) is 0. The SMILES string of the molecule is N#CC1(C(=O)[O-])CC1.[Na+]. The van der Waals surface area contributed by atoms with Crippen molar-refractivity contribution >= 4 is 5.97 Å². The Bertz CT molecular complexity index is 168. The zero-order chi connectivity index (χ0) is 6.20. The van der Waals surface area contributed by atoms with E-state index in [2.05, 4.69) is 0 Å². The van der Waals surface area contributed by atoms with Gasteiger partial charge in [0.15, 0.2) is 0 Å². The molecular weight excluding hydrogens is 129 g/mol. The third-order valence-electron chi connectivity index (χ3n) is 1.35. The molecule has 3 nitrogen and oxygen atoms in total. The van der Waals surface area contributed by atoms with Gasteiger partial charge in [-0.15, -0.1) is 0 Å². The maximum atomic E-state index is 9.98. The van der Waals surface area contributed by atoms with Crippen molar-refractivity contribution in [2.75, 3.05) is 0 Å². The van der Waals surface area contributed by atoms with Crippen molar-refractivity contribution in [1.29, 1.82) is 5.26 Å². The van der Waals surface area contributed by atoms with Crippen molar-refractivity contribution in [2.24, 2.45) is 5.41 Å². The van der Waals surface area contributed by atoms with Gasteiger partial charge in [-0.05, 0) is 12.8 Å². The third-order valence-corrected chi connectivity index (χ3v) is 1.35. The first-order chi connectivity index (χ1) is 3.71. The van der Waals surface area contributed by atoms with Gasteiger partial charge in [0.25, 0.3) is 0 Å². The zero-order valence-electron chi connectivity index (χ0n) is 5.18. The first-order valence-electron chi connectivity index (χ1n) is 2.34. The summed E-state index contributed by atoms with van der Waals surface area (Å²) in [6.07, 6.45) is 0.928. The van der Waals surface area contributed by atoms with E-state index in [1.807, 2.05) is 0 Å². The molecule has 0 aliphatic heterocycles. The second-order valence-electron chi connectivity index (χ2n) is 1.98. The van der Waals surface area contributed by atoms with E-state index in [1.54, 1.807) is 6.07 Å². The number of nitriles is 1. The molecule has 1 fully saturated rings. The average Bonchev–Trinajstić information content (AvgIpc) is 2.44. The van der Waals surface area contributed by atoms with Crippen LogP contribution >= 0.6 is 0 Å². The van der Waals surface area contributed by atoms with Crippen molar-refractivity contribution in [3.8, 4) is 6.07 Å². The number of aliphatic carboxylic acids is 1. The fraction of sp³-hybridized carbons (Fsp3) is 0.600. The van der Waals surface area contributed by atoms with Crippen molar-refractivity contribution in [3.63, 3.8) is 0 Å². The first-order valence-corrected chi connectivity index (χ1v) is 2.34. The van der Waals surface area contributed by atoms with Crippen LogP contribution in [0.15, 0.2) is 0 Å². The van der Waals surface area contributed by atoms with Crippen LogP contribution in [0.3, 0.4) is 0 Å². The molecule has 9 heavy (non-hydrogen) atoms. The summed E-state index contributed by atoms with van der Waals surface area (Å²) < 4.78 is 0. The van der Waals surface area contributed by atoms with Crippen LogP contribution in [-0.2, 0) is 4.79 Å². The number of carboxylic acid groups (broad SMARTS) is 1. The van der Waals surface area contributed by atoms with Crippen LogP contribution in [-0.4, -0.2) is 5.97 Å². The van der Waals surface area contributed by atoms with E-state index in [4.69, 9.17) is 5.26 Å². The van der Waals surface area contributed by atoms with Gasteiger partial charge in [0, 0.05) is 0 Å². The van der Waals surface area contributed by atoms with Gasteiger partial charge < -0.3 is 9.90 Å². The third kappa shape index (κ3) is 1.45. The second-order valence-corrected chi connectivity index (χ2v) is 1.98. The predicted octanol–water partition coefficient (Wildman–Crippen LogP) is -3.96. The smallest absolute Gasteiger partial charge is 0.548 e. The average molecular weight is 133 g/mol. The Hall–Kier alpha value is -0.0400. The summed E-state index contributed by atoms with van der Waals surface area (Å²) in [4.78, 5) is 9.98. The van der Waals surface area contributed by atoms with Crippen molar-refractivity contribution < 1.29 is 39.5 Å². The number of hydrogen-bond donors (Lipinski definition) is 0. The number of nitrogens with zero attached hydrogens (tertiary/aromatic N) is 1. The standard InChI is InChI=1S/C5H5NO2.Na/c6-3-5(1-2-5)4(7)8;/h1-2H2,(H,7,8);/q;+1/p-1. The molecule has 0 saturated heterocycles. The Kier molecular flexibility index (Phi) is 2.68. The minimum atomic E-state index is -1.22. The van der Waals surface area contributed by atoms with Gasteiger partial charge in [-0.3, -0.25) is 0 Å². The van der Waals surface area contributed by atoms with Gasteiger partial charge >= 0.3 is 29.6 Å². The molecule has 42 valence electrons. The minimum absolute atomic E-state index is 0. The number of carbonyl (C=O) groups excluding carboxylic acids is 1. The fourth-order valence-corrected chi connectivity index (χ4v) is 0.487. The molecular formula is C5H4NNaO2. The van der Waals surface area contributed by atoms with E-state index in [1.165, 1.54) is 0 Å². The second kappa shape index (κ2) is 2.70. The molecule has 0 radical (unpaired) electrons.